The van der Waals surface area contributed by atoms with Gasteiger partial charge in [0.15, 0.2) is 0 Å². The van der Waals surface area contributed by atoms with Crippen molar-refractivity contribution in [1.29, 1.82) is 0 Å². The van der Waals surface area contributed by atoms with Crippen LogP contribution in [-0.2, 0) is 6.42 Å². The Hall–Kier alpha value is -1.36. The predicted molar refractivity (Wildman–Crippen MR) is 70.0 cm³/mol. The molecule has 0 radical (unpaired) electrons. The number of hydrogen-bond donors (Lipinski definition) is 3. The van der Waals surface area contributed by atoms with Crippen molar-refractivity contribution in [3.8, 4) is 0 Å². The molecule has 1 heterocycles. The Morgan fingerprint density at radius 1 is 1.35 bits per heavy atom. The first-order chi connectivity index (χ1) is 7.89. The lowest BCUT2D eigenvalue weighted by atomic mass is 10.0. The van der Waals surface area contributed by atoms with Crippen molar-refractivity contribution in [2.24, 2.45) is 0 Å². The molecule has 4 N–H and O–H groups in total. The first kappa shape index (κ1) is 13.7. The van der Waals surface area contributed by atoms with Crippen LogP contribution in [0.3, 0.4) is 0 Å². The Labute approximate surface area is 102 Å². The quantitative estimate of drug-likeness (QED) is 0.724. The highest BCUT2D eigenvalue weighted by molar-refractivity contribution is 5.54. The van der Waals surface area contributed by atoms with Crippen LogP contribution in [0.15, 0.2) is 0 Å². The second kappa shape index (κ2) is 5.31. The van der Waals surface area contributed by atoms with Gasteiger partial charge in [-0.1, -0.05) is 13.8 Å². The van der Waals surface area contributed by atoms with Crippen LogP contribution in [0.2, 0.25) is 0 Å². The molecule has 0 aromatic carbocycles. The minimum absolute atomic E-state index is 0.448. The summed E-state index contributed by atoms with van der Waals surface area (Å²) in [6.07, 6.45) is 1.42. The normalized spacial score (nSPS) is 14.4. The second-order valence-electron chi connectivity index (χ2n) is 4.56. The number of aryl methyl sites for hydroxylation is 1. The summed E-state index contributed by atoms with van der Waals surface area (Å²) in [5.41, 5.74) is 5.91. The Morgan fingerprint density at radius 3 is 2.53 bits per heavy atom. The van der Waals surface area contributed by atoms with Gasteiger partial charge in [-0.3, -0.25) is 0 Å². The zero-order valence-corrected chi connectivity index (χ0v) is 11.0. The van der Waals surface area contributed by atoms with Gasteiger partial charge in [0.2, 0.25) is 0 Å². The lowest BCUT2D eigenvalue weighted by Gasteiger charge is -2.22. The van der Waals surface area contributed by atoms with Crippen molar-refractivity contribution >= 4 is 11.6 Å². The van der Waals surface area contributed by atoms with E-state index in [1.54, 1.807) is 6.92 Å². The van der Waals surface area contributed by atoms with E-state index in [2.05, 4.69) is 15.3 Å². The summed E-state index contributed by atoms with van der Waals surface area (Å²) in [7, 11) is 0. The third kappa shape index (κ3) is 3.56. The van der Waals surface area contributed by atoms with E-state index < -0.39 is 5.60 Å². The van der Waals surface area contributed by atoms with E-state index in [0.29, 0.717) is 30.4 Å². The van der Waals surface area contributed by atoms with Crippen molar-refractivity contribution in [2.45, 2.75) is 46.1 Å². The van der Waals surface area contributed by atoms with Crippen LogP contribution in [0.25, 0.3) is 0 Å². The average Bonchev–Trinajstić information content (AvgIpc) is 2.31. The van der Waals surface area contributed by atoms with E-state index in [9.17, 15) is 5.11 Å². The number of rotatable bonds is 5. The zero-order valence-electron chi connectivity index (χ0n) is 11.0. The highest BCUT2D eigenvalue weighted by Gasteiger charge is 2.18. The maximum Gasteiger partial charge on any atom is 0.134 e. The number of hydrogen-bond acceptors (Lipinski definition) is 5. The summed E-state index contributed by atoms with van der Waals surface area (Å²) < 4.78 is 0. The molecule has 0 bridgehead atoms. The summed E-state index contributed by atoms with van der Waals surface area (Å²) in [4.78, 5) is 8.56. The minimum atomic E-state index is -0.738. The zero-order chi connectivity index (χ0) is 13.1. The number of anilines is 2. The minimum Gasteiger partial charge on any atom is -0.388 e. The van der Waals surface area contributed by atoms with Crippen molar-refractivity contribution in [3.63, 3.8) is 0 Å². The van der Waals surface area contributed by atoms with Gasteiger partial charge in [0.05, 0.1) is 5.60 Å². The van der Waals surface area contributed by atoms with Crippen molar-refractivity contribution in [1.82, 2.24) is 9.97 Å². The SMILES string of the molecule is CCc1nc(N)c(C)c(NCC(C)(O)CC)n1. The molecule has 5 nitrogen and oxygen atoms in total. The number of aliphatic hydroxyl groups is 1. The molecule has 1 aromatic heterocycles. The van der Waals surface area contributed by atoms with Crippen molar-refractivity contribution < 1.29 is 5.11 Å². The van der Waals surface area contributed by atoms with Crippen molar-refractivity contribution in [3.05, 3.63) is 11.4 Å². The third-order valence-electron chi connectivity index (χ3n) is 2.94. The van der Waals surface area contributed by atoms with Crippen LogP contribution in [0.1, 0.15) is 38.6 Å². The number of nitrogens with zero attached hydrogens (tertiary/aromatic N) is 2. The number of nitrogen functional groups attached to an aromatic ring is 1. The summed E-state index contributed by atoms with van der Waals surface area (Å²) >= 11 is 0. The molecule has 96 valence electrons. The molecule has 0 aliphatic carbocycles. The van der Waals surface area contributed by atoms with Gasteiger partial charge in [0.1, 0.15) is 17.5 Å². The van der Waals surface area contributed by atoms with E-state index in [1.165, 1.54) is 0 Å². The fourth-order valence-electron chi connectivity index (χ4n) is 1.31. The molecule has 5 heteroatoms. The van der Waals surface area contributed by atoms with Gasteiger partial charge >= 0.3 is 0 Å². The molecule has 1 rings (SSSR count). The number of aromatic nitrogens is 2. The van der Waals surface area contributed by atoms with Gasteiger partial charge in [-0.25, -0.2) is 9.97 Å². The van der Waals surface area contributed by atoms with E-state index in [4.69, 9.17) is 5.73 Å². The van der Waals surface area contributed by atoms with E-state index in [0.717, 1.165) is 12.0 Å². The topological polar surface area (TPSA) is 84.1 Å². The summed E-state index contributed by atoms with van der Waals surface area (Å²) in [5, 5.41) is 13.1. The monoisotopic (exact) mass is 238 g/mol. The first-order valence-electron chi connectivity index (χ1n) is 5.99. The summed E-state index contributed by atoms with van der Waals surface area (Å²) in [6.45, 7) is 8.04. The predicted octanol–water partition coefficient (Wildman–Crippen LogP) is 1.50. The molecule has 17 heavy (non-hydrogen) atoms. The second-order valence-corrected chi connectivity index (χ2v) is 4.56. The Kier molecular flexibility index (Phi) is 4.28. The highest BCUT2D eigenvalue weighted by atomic mass is 16.3. The van der Waals surface area contributed by atoms with E-state index >= 15 is 0 Å². The van der Waals surface area contributed by atoms with Crippen LogP contribution in [-0.4, -0.2) is 27.2 Å². The molecule has 0 saturated heterocycles. The van der Waals surface area contributed by atoms with Crippen LogP contribution in [0.5, 0.6) is 0 Å². The molecule has 0 spiro atoms. The third-order valence-corrected chi connectivity index (χ3v) is 2.94. The van der Waals surface area contributed by atoms with Gasteiger partial charge in [-0.15, -0.1) is 0 Å². The van der Waals surface area contributed by atoms with Gasteiger partial charge in [-0.2, -0.15) is 0 Å². The van der Waals surface area contributed by atoms with Crippen LogP contribution in [0, 0.1) is 6.92 Å². The highest BCUT2D eigenvalue weighted by Crippen LogP contribution is 2.19. The lowest BCUT2D eigenvalue weighted by Crippen LogP contribution is -2.33. The molecule has 1 atom stereocenters. The number of nitrogens with one attached hydrogen (secondary N) is 1. The lowest BCUT2D eigenvalue weighted by molar-refractivity contribution is 0.0696. The smallest absolute Gasteiger partial charge is 0.134 e. The summed E-state index contributed by atoms with van der Waals surface area (Å²) in [6, 6.07) is 0. The van der Waals surface area contributed by atoms with E-state index in [-0.39, 0.29) is 0 Å². The van der Waals surface area contributed by atoms with Gasteiger partial charge < -0.3 is 16.2 Å². The average molecular weight is 238 g/mol. The van der Waals surface area contributed by atoms with Crippen LogP contribution < -0.4 is 11.1 Å². The molecule has 0 fully saturated rings. The molecular weight excluding hydrogens is 216 g/mol. The first-order valence-corrected chi connectivity index (χ1v) is 5.99. The number of nitrogens with two attached hydrogens (primary N) is 1. The standard InChI is InChI=1S/C12H22N4O/c1-5-9-15-10(13)8(3)11(16-9)14-7-12(4,17)6-2/h17H,5-7H2,1-4H3,(H3,13,14,15,16). The van der Waals surface area contributed by atoms with E-state index in [1.807, 2.05) is 20.8 Å². The molecule has 0 saturated carbocycles. The molecule has 1 aromatic rings. The molecule has 0 aliphatic heterocycles. The maximum absolute atomic E-state index is 9.93. The van der Waals surface area contributed by atoms with Crippen LogP contribution in [0.4, 0.5) is 11.6 Å². The molecule has 0 aliphatic rings. The van der Waals surface area contributed by atoms with Crippen LogP contribution >= 0.6 is 0 Å². The molecule has 0 amide bonds. The Balaban J connectivity index is 2.87. The largest absolute Gasteiger partial charge is 0.388 e. The maximum atomic E-state index is 9.93. The fourth-order valence-corrected chi connectivity index (χ4v) is 1.31. The van der Waals surface area contributed by atoms with Gasteiger partial charge in [0, 0.05) is 18.5 Å². The Bertz CT molecular complexity index is 390. The van der Waals surface area contributed by atoms with Crippen molar-refractivity contribution in [2.75, 3.05) is 17.6 Å². The fraction of sp³-hybridized carbons (Fsp3) is 0.667. The Morgan fingerprint density at radius 2 is 2.00 bits per heavy atom. The van der Waals surface area contributed by atoms with Gasteiger partial charge in [0.25, 0.3) is 0 Å². The summed E-state index contributed by atoms with van der Waals surface area (Å²) in [5.74, 6) is 1.92. The molecule has 1 unspecified atom stereocenters. The van der Waals surface area contributed by atoms with Gasteiger partial charge in [-0.05, 0) is 20.3 Å². The molecular formula is C12H22N4O.